The van der Waals surface area contributed by atoms with Crippen molar-refractivity contribution in [3.05, 3.63) is 73.8 Å². The van der Waals surface area contributed by atoms with Crippen LogP contribution >= 0.6 is 23.2 Å². The van der Waals surface area contributed by atoms with Crippen molar-refractivity contribution in [1.29, 1.82) is 0 Å². The van der Waals surface area contributed by atoms with Gasteiger partial charge < -0.3 is 15.5 Å². The highest BCUT2D eigenvalue weighted by Gasteiger charge is 2.20. The van der Waals surface area contributed by atoms with E-state index in [2.05, 4.69) is 5.32 Å². The topological polar surface area (TPSA) is 95.6 Å². The van der Waals surface area contributed by atoms with Gasteiger partial charge in [-0.3, -0.25) is 10.1 Å². The molecule has 0 heterocycles. The van der Waals surface area contributed by atoms with E-state index in [0.29, 0.717) is 22.2 Å². The van der Waals surface area contributed by atoms with E-state index in [9.17, 15) is 20.3 Å². The van der Waals surface area contributed by atoms with E-state index in [1.165, 1.54) is 24.3 Å². The first-order valence-corrected chi connectivity index (χ1v) is 7.88. The minimum absolute atomic E-state index is 0.0599. The van der Waals surface area contributed by atoms with E-state index >= 15 is 0 Å². The number of nitrogens with one attached hydrogen (secondary N) is 1. The van der Waals surface area contributed by atoms with Crippen molar-refractivity contribution in [2.24, 2.45) is 0 Å². The van der Waals surface area contributed by atoms with E-state index in [1.807, 2.05) is 0 Å². The van der Waals surface area contributed by atoms with Crippen LogP contribution in [0.1, 0.15) is 17.2 Å². The standard InChI is InChI=1S/C16H16Cl2N2O4/c17-13-6-1-10(7-14(13)18)8-19-15(9-21)16(22)11-2-4-12(5-3-11)20(23)24/h1-7,15-16,19,21-22H,8-9H2/t15-,16-/m1/s1. The summed E-state index contributed by atoms with van der Waals surface area (Å²) in [6, 6.07) is 10.1. The van der Waals surface area contributed by atoms with Gasteiger partial charge in [-0.25, -0.2) is 0 Å². The zero-order valence-electron chi connectivity index (χ0n) is 12.5. The molecule has 2 aromatic rings. The minimum atomic E-state index is -1.02. The summed E-state index contributed by atoms with van der Waals surface area (Å²) in [4.78, 5) is 10.1. The molecule has 0 unspecified atom stereocenters. The molecular weight excluding hydrogens is 355 g/mol. The molecule has 0 aromatic heterocycles. The van der Waals surface area contributed by atoms with Crippen LogP contribution in [0.2, 0.25) is 10.0 Å². The van der Waals surface area contributed by atoms with E-state index in [0.717, 1.165) is 5.56 Å². The van der Waals surface area contributed by atoms with Crippen LogP contribution in [0.4, 0.5) is 5.69 Å². The molecule has 2 atom stereocenters. The number of nitro benzene ring substituents is 1. The third-order valence-corrected chi connectivity index (χ3v) is 4.31. The van der Waals surface area contributed by atoms with Gasteiger partial charge in [0.1, 0.15) is 0 Å². The number of rotatable bonds is 7. The molecule has 0 fully saturated rings. The zero-order chi connectivity index (χ0) is 17.7. The number of halogens is 2. The number of aliphatic hydroxyl groups excluding tert-OH is 2. The SMILES string of the molecule is O=[N+]([O-])c1ccc([C@@H](O)[C@@H](CO)NCc2ccc(Cl)c(Cl)c2)cc1. The predicted octanol–water partition coefficient (Wildman–Crippen LogP) is 3.09. The van der Waals surface area contributed by atoms with Crippen molar-refractivity contribution in [3.8, 4) is 0 Å². The molecule has 0 aliphatic rings. The fourth-order valence-electron chi connectivity index (χ4n) is 2.20. The molecule has 0 amide bonds. The fourth-order valence-corrected chi connectivity index (χ4v) is 2.52. The molecule has 8 heteroatoms. The van der Waals surface area contributed by atoms with Gasteiger partial charge in [-0.15, -0.1) is 0 Å². The van der Waals surface area contributed by atoms with Gasteiger partial charge >= 0.3 is 0 Å². The van der Waals surface area contributed by atoms with Crippen LogP contribution in [0.25, 0.3) is 0 Å². The highest BCUT2D eigenvalue weighted by molar-refractivity contribution is 6.42. The highest BCUT2D eigenvalue weighted by atomic mass is 35.5. The number of aliphatic hydroxyl groups is 2. The number of hydrogen-bond acceptors (Lipinski definition) is 5. The van der Waals surface area contributed by atoms with Gasteiger partial charge in [0.05, 0.1) is 33.7 Å². The molecule has 128 valence electrons. The van der Waals surface area contributed by atoms with E-state index in [-0.39, 0.29) is 12.3 Å². The highest BCUT2D eigenvalue weighted by Crippen LogP contribution is 2.23. The van der Waals surface area contributed by atoms with Crippen LogP contribution in [0, 0.1) is 10.1 Å². The van der Waals surface area contributed by atoms with Crippen molar-refractivity contribution in [2.75, 3.05) is 6.61 Å². The second kappa shape index (κ2) is 8.41. The number of non-ortho nitro benzene ring substituents is 1. The molecule has 3 N–H and O–H groups in total. The van der Waals surface area contributed by atoms with Crippen LogP contribution in [0.15, 0.2) is 42.5 Å². The lowest BCUT2D eigenvalue weighted by Gasteiger charge is -2.22. The Morgan fingerprint density at radius 3 is 2.33 bits per heavy atom. The van der Waals surface area contributed by atoms with Gasteiger partial charge in [0.15, 0.2) is 0 Å². The lowest BCUT2D eigenvalue weighted by molar-refractivity contribution is -0.384. The molecular formula is C16H16Cl2N2O4. The molecule has 2 aromatic carbocycles. The Morgan fingerprint density at radius 1 is 1.12 bits per heavy atom. The summed E-state index contributed by atoms with van der Waals surface area (Å²) >= 11 is 11.8. The quantitative estimate of drug-likeness (QED) is 0.514. The third kappa shape index (κ3) is 4.66. The molecule has 24 heavy (non-hydrogen) atoms. The zero-order valence-corrected chi connectivity index (χ0v) is 14.0. The fraction of sp³-hybridized carbons (Fsp3) is 0.250. The molecule has 0 aliphatic carbocycles. The summed E-state index contributed by atoms with van der Waals surface area (Å²) in [6.45, 7) is 0.0611. The van der Waals surface area contributed by atoms with Crippen molar-refractivity contribution in [1.82, 2.24) is 5.32 Å². The second-order valence-electron chi connectivity index (χ2n) is 5.21. The van der Waals surface area contributed by atoms with Crippen LogP contribution in [0.5, 0.6) is 0 Å². The molecule has 0 radical (unpaired) electrons. The Morgan fingerprint density at radius 2 is 1.79 bits per heavy atom. The number of hydrogen-bond donors (Lipinski definition) is 3. The van der Waals surface area contributed by atoms with Crippen LogP contribution in [-0.4, -0.2) is 27.8 Å². The average Bonchev–Trinajstić information content (AvgIpc) is 2.58. The predicted molar refractivity (Wildman–Crippen MR) is 92.2 cm³/mol. The maximum Gasteiger partial charge on any atom is 0.269 e. The Hall–Kier alpha value is -1.70. The average molecular weight is 371 g/mol. The van der Waals surface area contributed by atoms with Gasteiger partial charge in [0.2, 0.25) is 0 Å². The van der Waals surface area contributed by atoms with E-state index in [1.54, 1.807) is 18.2 Å². The Bertz CT molecular complexity index is 710. The Kier molecular flexibility index (Phi) is 6.53. The molecule has 2 rings (SSSR count). The lowest BCUT2D eigenvalue weighted by Crippen LogP contribution is -2.37. The van der Waals surface area contributed by atoms with Crippen LogP contribution in [0.3, 0.4) is 0 Å². The molecule has 6 nitrogen and oxygen atoms in total. The van der Waals surface area contributed by atoms with Gasteiger partial charge in [-0.05, 0) is 35.4 Å². The normalized spacial score (nSPS) is 13.5. The van der Waals surface area contributed by atoms with Crippen molar-refractivity contribution < 1.29 is 15.1 Å². The van der Waals surface area contributed by atoms with Crippen molar-refractivity contribution in [3.63, 3.8) is 0 Å². The maximum atomic E-state index is 10.7. The first kappa shape index (κ1) is 18.6. The van der Waals surface area contributed by atoms with Gasteiger partial charge in [0, 0.05) is 18.7 Å². The molecule has 0 bridgehead atoms. The molecule has 0 aliphatic heterocycles. The largest absolute Gasteiger partial charge is 0.395 e. The van der Waals surface area contributed by atoms with Crippen LogP contribution < -0.4 is 5.32 Å². The number of nitro groups is 1. The molecule has 0 saturated heterocycles. The van der Waals surface area contributed by atoms with Gasteiger partial charge in [-0.1, -0.05) is 29.3 Å². The summed E-state index contributed by atoms with van der Waals surface area (Å²) in [5, 5.41) is 34.4. The first-order chi connectivity index (χ1) is 11.4. The smallest absolute Gasteiger partial charge is 0.269 e. The monoisotopic (exact) mass is 370 g/mol. The van der Waals surface area contributed by atoms with Crippen molar-refractivity contribution in [2.45, 2.75) is 18.7 Å². The molecule has 0 saturated carbocycles. The van der Waals surface area contributed by atoms with E-state index < -0.39 is 17.1 Å². The second-order valence-corrected chi connectivity index (χ2v) is 6.03. The van der Waals surface area contributed by atoms with Crippen LogP contribution in [-0.2, 0) is 6.54 Å². The summed E-state index contributed by atoms with van der Waals surface area (Å²) < 4.78 is 0. The summed E-state index contributed by atoms with van der Waals surface area (Å²) in [7, 11) is 0. The van der Waals surface area contributed by atoms with Gasteiger partial charge in [0.25, 0.3) is 5.69 Å². The lowest BCUT2D eigenvalue weighted by atomic mass is 10.0. The minimum Gasteiger partial charge on any atom is -0.395 e. The molecule has 0 spiro atoms. The summed E-state index contributed by atoms with van der Waals surface area (Å²) in [6.07, 6.45) is -1.02. The Balaban J connectivity index is 2.03. The van der Waals surface area contributed by atoms with Crippen molar-refractivity contribution >= 4 is 28.9 Å². The van der Waals surface area contributed by atoms with E-state index in [4.69, 9.17) is 23.2 Å². The number of nitrogens with zero attached hydrogens (tertiary/aromatic N) is 1. The maximum absolute atomic E-state index is 10.7. The van der Waals surface area contributed by atoms with Gasteiger partial charge in [-0.2, -0.15) is 0 Å². The third-order valence-electron chi connectivity index (χ3n) is 3.58. The summed E-state index contributed by atoms with van der Waals surface area (Å²) in [5.41, 5.74) is 1.26. The summed E-state index contributed by atoms with van der Waals surface area (Å²) in [5.74, 6) is 0. The Labute approximate surface area is 148 Å². The first-order valence-electron chi connectivity index (χ1n) is 7.13. The number of benzene rings is 2.